The minimum atomic E-state index is 0.329. The lowest BCUT2D eigenvalue weighted by Gasteiger charge is -2.17. The molecule has 0 aliphatic heterocycles. The second-order valence-electron chi connectivity index (χ2n) is 5.32. The third-order valence-electron chi connectivity index (χ3n) is 3.85. The molecule has 128 valence electrons. The van der Waals surface area contributed by atoms with Crippen molar-refractivity contribution < 1.29 is 9.47 Å². The third-order valence-corrected chi connectivity index (χ3v) is 4.42. The molecule has 3 nitrogen and oxygen atoms in total. The van der Waals surface area contributed by atoms with Gasteiger partial charge in [-0.2, -0.15) is 0 Å². The number of hydrogen-bond donors (Lipinski definition) is 1. The Balaban J connectivity index is 2.23. The van der Waals surface area contributed by atoms with E-state index < -0.39 is 0 Å². The summed E-state index contributed by atoms with van der Waals surface area (Å²) in [5.41, 5.74) is 4.33. The molecular weight excluding hydrogens is 342 g/mol. The number of methoxy groups -OCH3 is 1. The minimum Gasteiger partial charge on any atom is -0.487 e. The number of anilines is 1. The van der Waals surface area contributed by atoms with Crippen LogP contribution in [0.4, 0.5) is 5.69 Å². The van der Waals surface area contributed by atoms with Crippen molar-refractivity contribution in [2.75, 3.05) is 12.4 Å². The predicted molar refractivity (Wildman–Crippen MR) is 104 cm³/mol. The zero-order valence-electron chi connectivity index (χ0n) is 14.2. The summed E-state index contributed by atoms with van der Waals surface area (Å²) in [7, 11) is 1.55. The van der Waals surface area contributed by atoms with Crippen molar-refractivity contribution in [3.8, 4) is 5.75 Å². The average molecular weight is 364 g/mol. The smallest absolute Gasteiger partial charge is 0.260 e. The lowest BCUT2D eigenvalue weighted by molar-refractivity contribution is 0.306. The Kier molecular flexibility index (Phi) is 6.88. The second kappa shape index (κ2) is 8.90. The molecule has 1 N–H and O–H groups in total. The van der Waals surface area contributed by atoms with Crippen LogP contribution < -0.4 is 10.1 Å². The Labute approximate surface area is 153 Å². The van der Waals surface area contributed by atoms with Crippen molar-refractivity contribution in [2.45, 2.75) is 33.3 Å². The fourth-order valence-corrected chi connectivity index (χ4v) is 2.81. The molecule has 0 saturated heterocycles. The number of benzene rings is 2. The van der Waals surface area contributed by atoms with Gasteiger partial charge in [0.15, 0.2) is 0 Å². The van der Waals surface area contributed by atoms with Gasteiger partial charge in [0, 0.05) is 11.3 Å². The van der Waals surface area contributed by atoms with Crippen LogP contribution >= 0.6 is 23.8 Å². The zero-order chi connectivity index (χ0) is 17.5. The Hall–Kier alpha value is -1.78. The molecule has 5 heteroatoms. The van der Waals surface area contributed by atoms with Crippen LogP contribution in [0, 0.1) is 0 Å². The van der Waals surface area contributed by atoms with Gasteiger partial charge in [-0.25, -0.2) is 0 Å². The number of nitrogens with one attached hydrogen (secondary N) is 1. The number of aryl methyl sites for hydroxylation is 2. The Morgan fingerprint density at radius 2 is 1.96 bits per heavy atom. The average Bonchev–Trinajstić information content (AvgIpc) is 2.60. The summed E-state index contributed by atoms with van der Waals surface area (Å²) in [4.78, 5) is 0. The summed E-state index contributed by atoms with van der Waals surface area (Å²) in [5, 5.41) is 4.06. The highest BCUT2D eigenvalue weighted by Gasteiger charge is 2.11. The second-order valence-corrected chi connectivity index (χ2v) is 6.10. The van der Waals surface area contributed by atoms with Gasteiger partial charge >= 0.3 is 0 Å². The number of ether oxygens (including phenoxy) is 2. The number of halogens is 1. The van der Waals surface area contributed by atoms with Gasteiger partial charge in [-0.15, -0.1) is 0 Å². The Morgan fingerprint density at radius 1 is 1.17 bits per heavy atom. The van der Waals surface area contributed by atoms with Crippen molar-refractivity contribution in [1.29, 1.82) is 0 Å². The van der Waals surface area contributed by atoms with E-state index in [0.717, 1.165) is 24.1 Å². The maximum atomic E-state index is 6.31. The van der Waals surface area contributed by atoms with Crippen LogP contribution in [0.3, 0.4) is 0 Å². The zero-order valence-corrected chi connectivity index (χ0v) is 15.8. The van der Waals surface area contributed by atoms with E-state index in [1.54, 1.807) is 7.11 Å². The molecular formula is C19H22ClNO2S. The SMILES string of the molecule is CCc1ccc(OCc2c(CC)cccc2NC(=S)OC)c(Cl)c1. The molecule has 0 amide bonds. The molecule has 24 heavy (non-hydrogen) atoms. The third kappa shape index (κ3) is 4.62. The first-order valence-corrected chi connectivity index (χ1v) is 8.74. The highest BCUT2D eigenvalue weighted by Crippen LogP contribution is 2.29. The van der Waals surface area contributed by atoms with E-state index in [4.69, 9.17) is 33.3 Å². The minimum absolute atomic E-state index is 0.329. The number of rotatable bonds is 6. The van der Waals surface area contributed by atoms with Gasteiger partial charge < -0.3 is 14.8 Å². The van der Waals surface area contributed by atoms with Gasteiger partial charge in [-0.05, 0) is 54.4 Å². The van der Waals surface area contributed by atoms with Crippen LogP contribution in [0.15, 0.2) is 36.4 Å². The maximum Gasteiger partial charge on any atom is 0.260 e. The number of thiocarbonyl (C=S) groups is 1. The van der Waals surface area contributed by atoms with Gasteiger partial charge in [0.05, 0.1) is 12.1 Å². The van der Waals surface area contributed by atoms with E-state index >= 15 is 0 Å². The molecule has 0 aliphatic rings. The fraction of sp³-hybridized carbons (Fsp3) is 0.316. The summed E-state index contributed by atoms with van der Waals surface area (Å²) in [5.74, 6) is 0.681. The molecule has 0 saturated carbocycles. The van der Waals surface area contributed by atoms with Gasteiger partial charge in [0.2, 0.25) is 0 Å². The first-order valence-electron chi connectivity index (χ1n) is 7.96. The van der Waals surface area contributed by atoms with Gasteiger partial charge in [0.1, 0.15) is 12.4 Å². The van der Waals surface area contributed by atoms with Gasteiger partial charge in [-0.1, -0.05) is 43.6 Å². The van der Waals surface area contributed by atoms with Crippen LogP contribution in [-0.2, 0) is 24.2 Å². The van der Waals surface area contributed by atoms with E-state index in [9.17, 15) is 0 Å². The highest BCUT2D eigenvalue weighted by atomic mass is 35.5. The molecule has 2 aromatic carbocycles. The topological polar surface area (TPSA) is 30.5 Å². The van der Waals surface area contributed by atoms with Crippen LogP contribution in [-0.4, -0.2) is 12.3 Å². The fourth-order valence-electron chi connectivity index (χ4n) is 2.45. The first-order chi connectivity index (χ1) is 11.6. The molecule has 0 unspecified atom stereocenters. The van der Waals surface area contributed by atoms with Crippen molar-refractivity contribution >= 4 is 34.7 Å². The van der Waals surface area contributed by atoms with Crippen LogP contribution in [0.2, 0.25) is 5.02 Å². The molecule has 0 aliphatic carbocycles. The van der Waals surface area contributed by atoms with Crippen molar-refractivity contribution in [2.24, 2.45) is 0 Å². The van der Waals surface area contributed by atoms with Crippen LogP contribution in [0.25, 0.3) is 0 Å². The summed E-state index contributed by atoms with van der Waals surface area (Å²) in [6, 6.07) is 11.9. The first kappa shape index (κ1) is 18.6. The van der Waals surface area contributed by atoms with Gasteiger partial charge in [0.25, 0.3) is 5.17 Å². The Bertz CT molecular complexity index is 719. The van der Waals surface area contributed by atoms with E-state index in [1.807, 2.05) is 30.3 Å². The molecule has 0 aromatic heterocycles. The predicted octanol–water partition coefficient (Wildman–Crippen LogP) is 5.39. The molecule has 2 aromatic rings. The summed E-state index contributed by atoms with van der Waals surface area (Å²) < 4.78 is 11.0. The highest BCUT2D eigenvalue weighted by molar-refractivity contribution is 7.80. The Morgan fingerprint density at radius 3 is 2.58 bits per heavy atom. The lowest BCUT2D eigenvalue weighted by Crippen LogP contribution is -2.14. The molecule has 0 heterocycles. The van der Waals surface area contributed by atoms with E-state index in [-0.39, 0.29) is 0 Å². The molecule has 0 atom stereocenters. The van der Waals surface area contributed by atoms with E-state index in [2.05, 4.69) is 25.2 Å². The summed E-state index contributed by atoms with van der Waals surface area (Å²) >= 11 is 11.4. The normalized spacial score (nSPS) is 10.3. The molecule has 0 radical (unpaired) electrons. The number of hydrogen-bond acceptors (Lipinski definition) is 3. The largest absolute Gasteiger partial charge is 0.487 e. The monoisotopic (exact) mass is 363 g/mol. The maximum absolute atomic E-state index is 6.31. The van der Waals surface area contributed by atoms with Crippen LogP contribution in [0.5, 0.6) is 5.75 Å². The van der Waals surface area contributed by atoms with Crippen molar-refractivity contribution in [3.63, 3.8) is 0 Å². The standard InChI is InChI=1S/C19H22ClNO2S/c1-4-13-9-10-18(16(20)11-13)23-12-15-14(5-2)7-6-8-17(15)21-19(24)22-3/h6-11H,4-5,12H2,1-3H3,(H,21,24). The van der Waals surface area contributed by atoms with Crippen molar-refractivity contribution in [1.82, 2.24) is 0 Å². The molecule has 2 rings (SSSR count). The molecule has 0 fully saturated rings. The molecule has 0 spiro atoms. The van der Waals surface area contributed by atoms with E-state index in [0.29, 0.717) is 22.6 Å². The summed E-state index contributed by atoms with van der Waals surface area (Å²) in [6.45, 7) is 4.62. The summed E-state index contributed by atoms with van der Waals surface area (Å²) in [6.07, 6.45) is 1.84. The lowest BCUT2D eigenvalue weighted by atomic mass is 10.0. The van der Waals surface area contributed by atoms with Gasteiger partial charge in [-0.3, -0.25) is 0 Å². The quantitative estimate of drug-likeness (QED) is 0.697. The van der Waals surface area contributed by atoms with E-state index in [1.165, 1.54) is 11.1 Å². The van der Waals surface area contributed by atoms with Crippen LogP contribution in [0.1, 0.15) is 30.5 Å². The van der Waals surface area contributed by atoms with Crippen molar-refractivity contribution in [3.05, 3.63) is 58.1 Å². The molecule has 0 bridgehead atoms.